The van der Waals surface area contributed by atoms with Crippen molar-refractivity contribution in [2.24, 2.45) is 0 Å². The first-order valence-corrected chi connectivity index (χ1v) is 11.3. The first-order chi connectivity index (χ1) is 15.6. The number of nitrogens with two attached hydrogens (primary N) is 1. The van der Waals surface area contributed by atoms with Crippen LogP contribution in [0.1, 0.15) is 62.0 Å². The molecule has 0 bridgehead atoms. The van der Waals surface area contributed by atoms with Crippen LogP contribution in [0.15, 0.2) is 12.4 Å². The molecule has 33 heavy (non-hydrogen) atoms. The number of fused-ring (bicyclic) bond motifs is 1. The molecule has 4 rings (SSSR count). The summed E-state index contributed by atoms with van der Waals surface area (Å²) in [4.78, 5) is 22.7. The SMILES string of the molecule is CCOc1c(C(C)n2nc(C)c3c(N)ncnc32)cc(C)c([N+](=O)[O-])c1C1CN(C(C)C)C1. The molecule has 1 aliphatic rings. The summed E-state index contributed by atoms with van der Waals surface area (Å²) in [5.41, 5.74) is 9.74. The van der Waals surface area contributed by atoms with Crippen molar-refractivity contribution in [2.45, 2.75) is 59.5 Å². The quantitative estimate of drug-likeness (QED) is 0.423. The molecule has 0 amide bonds. The van der Waals surface area contributed by atoms with E-state index in [1.54, 1.807) is 11.6 Å². The van der Waals surface area contributed by atoms with E-state index in [1.165, 1.54) is 6.33 Å². The van der Waals surface area contributed by atoms with E-state index in [0.29, 0.717) is 46.4 Å². The lowest BCUT2D eigenvalue weighted by Gasteiger charge is -2.42. The van der Waals surface area contributed by atoms with E-state index in [9.17, 15) is 10.1 Å². The number of aromatic nitrogens is 4. The van der Waals surface area contributed by atoms with Crippen molar-refractivity contribution >= 4 is 22.5 Å². The molecule has 0 spiro atoms. The summed E-state index contributed by atoms with van der Waals surface area (Å²) < 4.78 is 7.93. The lowest BCUT2D eigenvalue weighted by atomic mass is 9.84. The molecule has 3 heterocycles. The van der Waals surface area contributed by atoms with Gasteiger partial charge in [-0.1, -0.05) is 0 Å². The number of nitrogens with zero attached hydrogens (tertiary/aromatic N) is 6. The molecule has 0 saturated carbocycles. The monoisotopic (exact) mass is 453 g/mol. The predicted octanol–water partition coefficient (Wildman–Crippen LogP) is 3.75. The second kappa shape index (κ2) is 8.58. The Morgan fingerprint density at radius 2 is 1.97 bits per heavy atom. The van der Waals surface area contributed by atoms with Crippen LogP contribution in [0.25, 0.3) is 11.0 Å². The van der Waals surface area contributed by atoms with Gasteiger partial charge >= 0.3 is 0 Å². The smallest absolute Gasteiger partial charge is 0.279 e. The number of rotatable bonds is 7. The van der Waals surface area contributed by atoms with Gasteiger partial charge in [-0.05, 0) is 47.6 Å². The molecular formula is C23H31N7O3. The van der Waals surface area contributed by atoms with Gasteiger partial charge in [0.25, 0.3) is 5.69 Å². The average Bonchev–Trinajstić information content (AvgIpc) is 3.05. The van der Waals surface area contributed by atoms with Crippen molar-refractivity contribution in [1.82, 2.24) is 24.6 Å². The maximum Gasteiger partial charge on any atom is 0.279 e. The summed E-state index contributed by atoms with van der Waals surface area (Å²) in [6, 6.07) is 1.96. The molecule has 2 aromatic heterocycles. The Morgan fingerprint density at radius 3 is 2.58 bits per heavy atom. The highest BCUT2D eigenvalue weighted by Crippen LogP contribution is 2.46. The molecule has 10 heteroatoms. The van der Waals surface area contributed by atoms with Crippen molar-refractivity contribution in [1.29, 1.82) is 0 Å². The molecule has 1 aromatic carbocycles. The number of hydrogen-bond acceptors (Lipinski definition) is 8. The number of benzene rings is 1. The minimum Gasteiger partial charge on any atom is -0.493 e. The van der Waals surface area contributed by atoms with Crippen LogP contribution in [0.5, 0.6) is 5.75 Å². The van der Waals surface area contributed by atoms with Gasteiger partial charge in [0.1, 0.15) is 17.9 Å². The second-order valence-electron chi connectivity index (χ2n) is 8.97. The van der Waals surface area contributed by atoms with Gasteiger partial charge in [0.15, 0.2) is 5.65 Å². The number of nitrogen functional groups attached to an aromatic ring is 1. The Hall–Kier alpha value is -3.27. The molecule has 0 aliphatic carbocycles. The number of anilines is 1. The summed E-state index contributed by atoms with van der Waals surface area (Å²) in [5.74, 6) is 0.998. The van der Waals surface area contributed by atoms with E-state index in [4.69, 9.17) is 15.6 Å². The Morgan fingerprint density at radius 1 is 1.27 bits per heavy atom. The Balaban J connectivity index is 1.90. The van der Waals surface area contributed by atoms with E-state index < -0.39 is 0 Å². The number of aryl methyl sites for hydroxylation is 2. The van der Waals surface area contributed by atoms with Crippen LogP contribution >= 0.6 is 0 Å². The zero-order valence-corrected chi connectivity index (χ0v) is 20.0. The minimum atomic E-state index is -0.281. The van der Waals surface area contributed by atoms with E-state index in [0.717, 1.165) is 24.3 Å². The van der Waals surface area contributed by atoms with Crippen molar-refractivity contribution < 1.29 is 9.66 Å². The highest BCUT2D eigenvalue weighted by molar-refractivity contribution is 5.88. The van der Waals surface area contributed by atoms with Crippen LogP contribution in [0.2, 0.25) is 0 Å². The molecule has 1 fully saturated rings. The topological polar surface area (TPSA) is 125 Å². The van der Waals surface area contributed by atoms with Crippen molar-refractivity contribution in [3.63, 3.8) is 0 Å². The molecule has 1 saturated heterocycles. The van der Waals surface area contributed by atoms with Crippen molar-refractivity contribution in [2.75, 3.05) is 25.4 Å². The van der Waals surface area contributed by atoms with E-state index in [-0.39, 0.29) is 22.6 Å². The Kier molecular flexibility index (Phi) is 5.96. The number of hydrogen-bond donors (Lipinski definition) is 1. The van der Waals surface area contributed by atoms with Crippen molar-refractivity contribution in [3.8, 4) is 5.75 Å². The molecule has 176 valence electrons. The summed E-state index contributed by atoms with van der Waals surface area (Å²) >= 11 is 0. The standard InChI is InChI=1S/C23H31N7O3/c1-7-33-21-17(15(6)29-23-18(14(5)27-29)22(24)25-11-26-23)8-13(4)20(30(31)32)19(21)16-9-28(10-16)12(2)3/h8,11-12,15-16H,7,9-10H2,1-6H3,(H2,24,25,26). The summed E-state index contributed by atoms with van der Waals surface area (Å²) in [6.45, 7) is 13.8. The van der Waals surface area contributed by atoms with Crippen molar-refractivity contribution in [3.05, 3.63) is 44.9 Å². The molecule has 0 radical (unpaired) electrons. The van der Waals surface area contributed by atoms with Crippen LogP contribution in [-0.2, 0) is 0 Å². The predicted molar refractivity (Wildman–Crippen MR) is 127 cm³/mol. The number of likely N-dealkylation sites (tertiary alicyclic amines) is 1. The Labute approximate surface area is 192 Å². The van der Waals surface area contributed by atoms with Crippen LogP contribution in [0, 0.1) is 24.0 Å². The third kappa shape index (κ3) is 3.78. The van der Waals surface area contributed by atoms with Crippen LogP contribution in [0.4, 0.5) is 11.5 Å². The second-order valence-corrected chi connectivity index (χ2v) is 8.97. The van der Waals surface area contributed by atoms with Gasteiger partial charge in [0.05, 0.1) is 34.2 Å². The molecule has 1 unspecified atom stereocenters. The largest absolute Gasteiger partial charge is 0.493 e. The fourth-order valence-electron chi connectivity index (χ4n) is 4.77. The highest BCUT2D eigenvalue weighted by atomic mass is 16.6. The summed E-state index contributed by atoms with van der Waals surface area (Å²) in [6.07, 6.45) is 1.42. The van der Waals surface area contributed by atoms with Crippen LogP contribution in [-0.4, -0.2) is 55.3 Å². The van der Waals surface area contributed by atoms with Crippen LogP contribution < -0.4 is 10.5 Å². The Bertz CT molecular complexity index is 1210. The first kappa shape index (κ1) is 22.9. The van der Waals surface area contributed by atoms with Gasteiger partial charge in [-0.3, -0.25) is 15.0 Å². The number of nitro groups is 1. The molecule has 2 N–H and O–H groups in total. The third-order valence-corrected chi connectivity index (χ3v) is 6.54. The summed E-state index contributed by atoms with van der Waals surface area (Å²) in [7, 11) is 0. The van der Waals surface area contributed by atoms with E-state index in [2.05, 4.69) is 28.7 Å². The normalized spacial score (nSPS) is 15.7. The maximum atomic E-state index is 12.1. The van der Waals surface area contributed by atoms with Gasteiger partial charge in [-0.2, -0.15) is 5.10 Å². The zero-order valence-electron chi connectivity index (χ0n) is 20.0. The molecule has 10 nitrogen and oxygen atoms in total. The van der Waals surface area contributed by atoms with Gasteiger partial charge in [0.2, 0.25) is 0 Å². The number of nitro benzene ring substituents is 1. The lowest BCUT2D eigenvalue weighted by Crippen LogP contribution is -2.48. The number of ether oxygens (including phenoxy) is 1. The minimum absolute atomic E-state index is 0.0364. The third-order valence-electron chi connectivity index (χ3n) is 6.54. The maximum absolute atomic E-state index is 12.1. The van der Waals surface area contributed by atoms with E-state index >= 15 is 0 Å². The average molecular weight is 454 g/mol. The van der Waals surface area contributed by atoms with E-state index in [1.807, 2.05) is 26.8 Å². The zero-order chi connectivity index (χ0) is 24.0. The first-order valence-electron chi connectivity index (χ1n) is 11.3. The molecule has 3 aromatic rings. The lowest BCUT2D eigenvalue weighted by molar-refractivity contribution is -0.386. The van der Waals surface area contributed by atoms with Gasteiger partial charge in [-0.15, -0.1) is 0 Å². The van der Waals surface area contributed by atoms with Gasteiger partial charge in [-0.25, -0.2) is 14.6 Å². The molecule has 1 atom stereocenters. The van der Waals surface area contributed by atoms with Crippen LogP contribution in [0.3, 0.4) is 0 Å². The fourth-order valence-corrected chi connectivity index (χ4v) is 4.77. The summed E-state index contributed by atoms with van der Waals surface area (Å²) in [5, 5.41) is 17.5. The van der Waals surface area contributed by atoms with Gasteiger partial charge < -0.3 is 10.5 Å². The highest BCUT2D eigenvalue weighted by Gasteiger charge is 2.39. The molecular weight excluding hydrogens is 422 g/mol. The fraction of sp³-hybridized carbons (Fsp3) is 0.522. The molecule has 1 aliphatic heterocycles. The van der Waals surface area contributed by atoms with Gasteiger partial charge in [0, 0.05) is 36.2 Å².